The summed E-state index contributed by atoms with van der Waals surface area (Å²) in [5, 5.41) is 12.5. The molecule has 0 aliphatic carbocycles. The van der Waals surface area contributed by atoms with Crippen molar-refractivity contribution in [3.8, 4) is 0 Å². The Morgan fingerprint density at radius 1 is 1.10 bits per heavy atom. The zero-order valence-corrected chi connectivity index (χ0v) is 12.2. The molecule has 102 valence electrons. The molecule has 1 N–H and O–H groups in total. The van der Waals surface area contributed by atoms with Crippen LogP contribution in [0.15, 0.2) is 46.9 Å². The van der Waals surface area contributed by atoms with Gasteiger partial charge in [-0.1, -0.05) is 41.4 Å². The number of hydrogen-bond acceptors (Lipinski definition) is 2. The van der Waals surface area contributed by atoms with Crippen LogP contribution in [0.25, 0.3) is 11.0 Å². The summed E-state index contributed by atoms with van der Waals surface area (Å²) >= 11 is 12.2. The molecule has 1 unspecified atom stereocenters. The van der Waals surface area contributed by atoms with Crippen molar-refractivity contribution in [2.45, 2.75) is 13.0 Å². The van der Waals surface area contributed by atoms with Gasteiger partial charge in [-0.05, 0) is 36.8 Å². The summed E-state index contributed by atoms with van der Waals surface area (Å²) in [6.07, 6.45) is -0.895. The second-order valence-corrected chi connectivity index (χ2v) is 5.53. The maximum Gasteiger partial charge on any atom is 0.138 e. The van der Waals surface area contributed by atoms with Gasteiger partial charge in [0, 0.05) is 21.0 Å². The number of benzene rings is 2. The molecule has 0 amide bonds. The highest BCUT2D eigenvalue weighted by Crippen LogP contribution is 2.33. The van der Waals surface area contributed by atoms with Gasteiger partial charge in [-0.15, -0.1) is 0 Å². The molecule has 0 saturated heterocycles. The number of aliphatic hydroxyl groups is 1. The van der Waals surface area contributed by atoms with Crippen LogP contribution in [-0.2, 0) is 0 Å². The van der Waals surface area contributed by atoms with Crippen molar-refractivity contribution in [1.29, 1.82) is 0 Å². The lowest BCUT2D eigenvalue weighted by Gasteiger charge is -2.11. The summed E-state index contributed by atoms with van der Waals surface area (Å²) < 4.78 is 5.67. The van der Waals surface area contributed by atoms with Gasteiger partial charge in [0.05, 0.1) is 0 Å². The van der Waals surface area contributed by atoms with Crippen molar-refractivity contribution in [2.24, 2.45) is 0 Å². The minimum Gasteiger partial charge on any atom is -0.458 e. The number of aryl methyl sites for hydroxylation is 1. The summed E-state index contributed by atoms with van der Waals surface area (Å²) in [6.45, 7) is 1.90. The highest BCUT2D eigenvalue weighted by atomic mass is 35.5. The quantitative estimate of drug-likeness (QED) is 0.712. The van der Waals surface area contributed by atoms with Crippen LogP contribution in [0, 0.1) is 6.92 Å². The Morgan fingerprint density at radius 3 is 2.70 bits per heavy atom. The van der Waals surface area contributed by atoms with E-state index >= 15 is 0 Å². The lowest BCUT2D eigenvalue weighted by molar-refractivity contribution is 0.192. The van der Waals surface area contributed by atoms with E-state index in [1.807, 2.05) is 19.1 Å². The van der Waals surface area contributed by atoms with Crippen LogP contribution in [0.5, 0.6) is 0 Å². The Balaban J connectivity index is 2.08. The second kappa shape index (κ2) is 5.13. The molecular weight excluding hydrogens is 295 g/mol. The molecule has 1 heterocycles. The molecule has 4 heteroatoms. The van der Waals surface area contributed by atoms with Crippen LogP contribution < -0.4 is 0 Å². The molecule has 0 spiro atoms. The Bertz CT molecular complexity index is 777. The molecule has 3 aromatic rings. The van der Waals surface area contributed by atoms with Crippen molar-refractivity contribution < 1.29 is 9.52 Å². The Morgan fingerprint density at radius 2 is 1.90 bits per heavy atom. The molecule has 0 fully saturated rings. The summed E-state index contributed by atoms with van der Waals surface area (Å²) in [7, 11) is 0. The zero-order chi connectivity index (χ0) is 14.3. The van der Waals surface area contributed by atoms with Gasteiger partial charge in [0.25, 0.3) is 0 Å². The van der Waals surface area contributed by atoms with Crippen LogP contribution >= 0.6 is 23.2 Å². The van der Waals surface area contributed by atoms with E-state index in [1.165, 1.54) is 0 Å². The molecule has 0 saturated carbocycles. The SMILES string of the molecule is Cc1cccc(C(O)c2cc3cc(Cl)ccc3o2)c1Cl. The minimum atomic E-state index is -0.895. The highest BCUT2D eigenvalue weighted by Gasteiger charge is 2.19. The Kier molecular flexibility index (Phi) is 3.47. The summed E-state index contributed by atoms with van der Waals surface area (Å²) in [5.74, 6) is 0.453. The van der Waals surface area contributed by atoms with E-state index in [9.17, 15) is 5.11 Å². The smallest absolute Gasteiger partial charge is 0.138 e. The standard InChI is InChI=1S/C16H12Cl2O2/c1-9-3-2-4-12(15(9)18)16(19)14-8-10-7-11(17)5-6-13(10)20-14/h2-8,16,19H,1H3. The van der Waals surface area contributed by atoms with Crippen molar-refractivity contribution >= 4 is 34.2 Å². The monoisotopic (exact) mass is 306 g/mol. The van der Waals surface area contributed by atoms with E-state index in [0.29, 0.717) is 27.0 Å². The van der Waals surface area contributed by atoms with Gasteiger partial charge in [-0.2, -0.15) is 0 Å². The van der Waals surface area contributed by atoms with Gasteiger partial charge in [0.2, 0.25) is 0 Å². The third-order valence-electron chi connectivity index (χ3n) is 3.28. The molecule has 3 rings (SSSR count). The van der Waals surface area contributed by atoms with Crippen molar-refractivity contribution in [1.82, 2.24) is 0 Å². The molecule has 0 radical (unpaired) electrons. The molecule has 0 aliphatic rings. The van der Waals surface area contributed by atoms with Crippen LogP contribution in [0.2, 0.25) is 10.0 Å². The fourth-order valence-electron chi connectivity index (χ4n) is 2.20. The van der Waals surface area contributed by atoms with Crippen molar-refractivity contribution in [3.63, 3.8) is 0 Å². The molecule has 2 aromatic carbocycles. The first-order valence-electron chi connectivity index (χ1n) is 6.18. The minimum absolute atomic E-state index is 0.453. The first-order valence-corrected chi connectivity index (χ1v) is 6.94. The van der Waals surface area contributed by atoms with E-state index < -0.39 is 6.10 Å². The maximum absolute atomic E-state index is 10.5. The number of aliphatic hydroxyl groups excluding tert-OH is 1. The molecule has 20 heavy (non-hydrogen) atoms. The first kappa shape index (κ1) is 13.5. The third kappa shape index (κ3) is 2.31. The topological polar surface area (TPSA) is 33.4 Å². The molecular formula is C16H12Cl2O2. The van der Waals surface area contributed by atoms with Gasteiger partial charge in [-0.3, -0.25) is 0 Å². The predicted octanol–water partition coefficient (Wildman–Crippen LogP) is 5.13. The lowest BCUT2D eigenvalue weighted by Crippen LogP contribution is -1.99. The first-order chi connectivity index (χ1) is 9.56. The van der Waals surface area contributed by atoms with Gasteiger partial charge >= 0.3 is 0 Å². The second-order valence-electron chi connectivity index (χ2n) is 4.71. The van der Waals surface area contributed by atoms with E-state index in [1.54, 1.807) is 30.3 Å². The number of halogens is 2. The lowest BCUT2D eigenvalue weighted by atomic mass is 10.0. The maximum atomic E-state index is 10.5. The number of fused-ring (bicyclic) bond motifs is 1. The number of furan rings is 1. The zero-order valence-electron chi connectivity index (χ0n) is 10.7. The average Bonchev–Trinajstić information content (AvgIpc) is 2.84. The predicted molar refractivity (Wildman–Crippen MR) is 81.5 cm³/mol. The summed E-state index contributed by atoms with van der Waals surface area (Å²) in [6, 6.07) is 12.7. The fraction of sp³-hybridized carbons (Fsp3) is 0.125. The molecule has 0 aliphatic heterocycles. The van der Waals surface area contributed by atoms with Gasteiger partial charge in [0.1, 0.15) is 17.4 Å². The summed E-state index contributed by atoms with van der Waals surface area (Å²) in [5.41, 5.74) is 2.24. The number of rotatable bonds is 2. The normalized spacial score (nSPS) is 12.8. The van der Waals surface area contributed by atoms with E-state index in [0.717, 1.165) is 10.9 Å². The van der Waals surface area contributed by atoms with E-state index in [2.05, 4.69) is 0 Å². The van der Waals surface area contributed by atoms with Crippen LogP contribution in [0.3, 0.4) is 0 Å². The van der Waals surface area contributed by atoms with Gasteiger partial charge in [-0.25, -0.2) is 0 Å². The average molecular weight is 307 g/mol. The van der Waals surface area contributed by atoms with Crippen LogP contribution in [0.4, 0.5) is 0 Å². The molecule has 2 nitrogen and oxygen atoms in total. The number of hydrogen-bond donors (Lipinski definition) is 1. The third-order valence-corrected chi connectivity index (χ3v) is 4.03. The Labute approximate surface area is 126 Å². The highest BCUT2D eigenvalue weighted by molar-refractivity contribution is 6.32. The molecule has 0 bridgehead atoms. The Hall–Kier alpha value is -1.48. The van der Waals surface area contributed by atoms with Crippen LogP contribution in [-0.4, -0.2) is 5.11 Å². The van der Waals surface area contributed by atoms with Crippen molar-refractivity contribution in [2.75, 3.05) is 0 Å². The molecule has 1 aromatic heterocycles. The molecule has 1 atom stereocenters. The van der Waals surface area contributed by atoms with E-state index in [-0.39, 0.29) is 0 Å². The fourth-order valence-corrected chi connectivity index (χ4v) is 2.61. The van der Waals surface area contributed by atoms with Gasteiger partial charge < -0.3 is 9.52 Å². The van der Waals surface area contributed by atoms with Gasteiger partial charge in [0.15, 0.2) is 0 Å². The van der Waals surface area contributed by atoms with Crippen molar-refractivity contribution in [3.05, 3.63) is 69.4 Å². The van der Waals surface area contributed by atoms with E-state index in [4.69, 9.17) is 27.6 Å². The largest absolute Gasteiger partial charge is 0.458 e. The van der Waals surface area contributed by atoms with Crippen LogP contribution in [0.1, 0.15) is 23.0 Å². The summed E-state index contributed by atoms with van der Waals surface area (Å²) in [4.78, 5) is 0.